The average molecular weight is 190 g/mol. The molecule has 1 N–H and O–H groups in total. The van der Waals surface area contributed by atoms with E-state index in [1.165, 1.54) is 43.9 Å². The summed E-state index contributed by atoms with van der Waals surface area (Å²) in [6, 6.07) is 8.48. The van der Waals surface area contributed by atoms with E-state index in [4.69, 9.17) is 0 Å². The first-order chi connectivity index (χ1) is 6.90. The lowest BCUT2D eigenvalue weighted by Crippen LogP contribution is -2.43. The van der Waals surface area contributed by atoms with Gasteiger partial charge in [-0.3, -0.25) is 0 Å². The number of fused-ring (bicyclic) bond motifs is 1. The minimum Gasteiger partial charge on any atom is -0.314 e. The Hall–Kier alpha value is -0.860. The SMILES string of the molecule is CCN1CCNCC1.c1cc2ccc1-2. The second kappa shape index (κ2) is 4.58. The van der Waals surface area contributed by atoms with Crippen molar-refractivity contribution in [2.24, 2.45) is 0 Å². The maximum Gasteiger partial charge on any atom is 0.0107 e. The van der Waals surface area contributed by atoms with Gasteiger partial charge >= 0.3 is 0 Å². The van der Waals surface area contributed by atoms with E-state index in [1.54, 1.807) is 0 Å². The topological polar surface area (TPSA) is 15.3 Å². The van der Waals surface area contributed by atoms with Gasteiger partial charge in [0.2, 0.25) is 0 Å². The predicted molar refractivity (Wildman–Crippen MR) is 60.4 cm³/mol. The van der Waals surface area contributed by atoms with Gasteiger partial charge in [-0.25, -0.2) is 0 Å². The molecule has 0 saturated carbocycles. The number of rotatable bonds is 1. The summed E-state index contributed by atoms with van der Waals surface area (Å²) in [6.45, 7) is 8.24. The highest BCUT2D eigenvalue weighted by atomic mass is 15.2. The summed E-state index contributed by atoms with van der Waals surface area (Å²) in [5, 5.41) is 3.31. The van der Waals surface area contributed by atoms with Crippen molar-refractivity contribution in [2.45, 2.75) is 6.92 Å². The van der Waals surface area contributed by atoms with Gasteiger partial charge in [-0.05, 0) is 17.7 Å². The molecule has 76 valence electrons. The average Bonchev–Trinajstić information content (AvgIpc) is 2.25. The molecule has 3 aliphatic rings. The van der Waals surface area contributed by atoms with Gasteiger partial charge in [-0.15, -0.1) is 0 Å². The van der Waals surface area contributed by atoms with Crippen LogP contribution in [-0.2, 0) is 0 Å². The van der Waals surface area contributed by atoms with Crippen LogP contribution >= 0.6 is 0 Å². The number of benzene rings is 1. The molecule has 0 amide bonds. The predicted octanol–water partition coefficient (Wildman–Crippen LogP) is 1.58. The highest BCUT2D eigenvalue weighted by molar-refractivity contribution is 5.75. The second-order valence-electron chi connectivity index (χ2n) is 3.76. The highest BCUT2D eigenvalue weighted by Gasteiger charge is 2.05. The van der Waals surface area contributed by atoms with E-state index in [0.717, 1.165) is 0 Å². The van der Waals surface area contributed by atoms with E-state index >= 15 is 0 Å². The fourth-order valence-corrected chi connectivity index (χ4v) is 1.69. The molecule has 1 heterocycles. The quantitative estimate of drug-likeness (QED) is 0.734. The molecule has 1 aliphatic heterocycles. The van der Waals surface area contributed by atoms with Crippen molar-refractivity contribution in [1.82, 2.24) is 10.2 Å². The molecule has 0 bridgehead atoms. The molecule has 1 fully saturated rings. The fraction of sp³-hybridized carbons (Fsp3) is 0.500. The van der Waals surface area contributed by atoms with Gasteiger partial charge in [0, 0.05) is 26.2 Å². The molecule has 0 aromatic heterocycles. The number of nitrogens with one attached hydrogen (secondary N) is 1. The van der Waals surface area contributed by atoms with Crippen LogP contribution in [0.25, 0.3) is 11.1 Å². The third kappa shape index (κ3) is 2.14. The van der Waals surface area contributed by atoms with Gasteiger partial charge in [0.25, 0.3) is 0 Å². The highest BCUT2D eigenvalue weighted by Crippen LogP contribution is 2.29. The number of nitrogens with zero attached hydrogens (tertiary/aromatic N) is 1. The Balaban J connectivity index is 0.000000110. The maximum absolute atomic E-state index is 3.31. The van der Waals surface area contributed by atoms with Crippen LogP contribution < -0.4 is 5.32 Å². The molecule has 2 heteroatoms. The van der Waals surface area contributed by atoms with E-state index < -0.39 is 0 Å². The van der Waals surface area contributed by atoms with E-state index in [9.17, 15) is 0 Å². The van der Waals surface area contributed by atoms with Crippen LogP contribution in [0.4, 0.5) is 0 Å². The van der Waals surface area contributed by atoms with Crippen molar-refractivity contribution in [3.63, 3.8) is 0 Å². The largest absolute Gasteiger partial charge is 0.314 e. The minimum absolute atomic E-state index is 1.17. The van der Waals surface area contributed by atoms with E-state index in [0.29, 0.717) is 0 Å². The molecule has 0 atom stereocenters. The zero-order valence-corrected chi connectivity index (χ0v) is 8.79. The fourth-order valence-electron chi connectivity index (χ4n) is 1.69. The van der Waals surface area contributed by atoms with Gasteiger partial charge < -0.3 is 10.2 Å². The first-order valence-electron chi connectivity index (χ1n) is 5.43. The smallest absolute Gasteiger partial charge is 0.0107 e. The molecule has 14 heavy (non-hydrogen) atoms. The van der Waals surface area contributed by atoms with Gasteiger partial charge in [-0.1, -0.05) is 31.2 Å². The van der Waals surface area contributed by atoms with Gasteiger partial charge in [0.15, 0.2) is 0 Å². The Morgan fingerprint density at radius 2 is 1.57 bits per heavy atom. The molecular formula is C12H18N2. The van der Waals surface area contributed by atoms with Gasteiger partial charge in [0.1, 0.15) is 0 Å². The number of hydrogen-bond acceptors (Lipinski definition) is 2. The van der Waals surface area contributed by atoms with Crippen LogP contribution in [0.1, 0.15) is 6.92 Å². The third-order valence-electron chi connectivity index (χ3n) is 2.88. The lowest BCUT2D eigenvalue weighted by Gasteiger charge is -2.25. The van der Waals surface area contributed by atoms with Crippen molar-refractivity contribution in [1.29, 1.82) is 0 Å². The monoisotopic (exact) mass is 190 g/mol. The summed E-state index contributed by atoms with van der Waals surface area (Å²) in [5.74, 6) is 0. The van der Waals surface area contributed by atoms with Crippen LogP contribution in [0.5, 0.6) is 0 Å². The number of piperazine rings is 1. The zero-order valence-electron chi connectivity index (χ0n) is 8.79. The van der Waals surface area contributed by atoms with Gasteiger partial charge in [-0.2, -0.15) is 0 Å². The summed E-state index contributed by atoms with van der Waals surface area (Å²) in [5.41, 5.74) is 2.85. The normalized spacial score (nSPS) is 18.4. The zero-order chi connectivity index (χ0) is 9.80. The van der Waals surface area contributed by atoms with E-state index in [-0.39, 0.29) is 0 Å². The van der Waals surface area contributed by atoms with Crippen LogP contribution in [0.2, 0.25) is 0 Å². The first kappa shape index (κ1) is 9.69. The summed E-state index contributed by atoms with van der Waals surface area (Å²) < 4.78 is 0. The molecule has 0 aromatic carbocycles. The Kier molecular flexibility index (Phi) is 3.17. The second-order valence-corrected chi connectivity index (χ2v) is 3.76. The van der Waals surface area contributed by atoms with Crippen LogP contribution in [0.15, 0.2) is 24.3 Å². The Morgan fingerprint density at radius 3 is 1.79 bits per heavy atom. The molecule has 2 aliphatic carbocycles. The first-order valence-corrected chi connectivity index (χ1v) is 5.43. The molecule has 0 aromatic rings. The van der Waals surface area contributed by atoms with Crippen molar-refractivity contribution < 1.29 is 0 Å². The van der Waals surface area contributed by atoms with Gasteiger partial charge in [0.05, 0.1) is 0 Å². The number of likely N-dealkylation sites (N-methyl/N-ethyl adjacent to an activating group) is 1. The molecule has 0 spiro atoms. The van der Waals surface area contributed by atoms with Crippen molar-refractivity contribution in [2.75, 3.05) is 32.7 Å². The third-order valence-corrected chi connectivity index (χ3v) is 2.88. The Morgan fingerprint density at radius 1 is 1.07 bits per heavy atom. The lowest BCUT2D eigenvalue weighted by molar-refractivity contribution is 0.253. The summed E-state index contributed by atoms with van der Waals surface area (Å²) >= 11 is 0. The van der Waals surface area contributed by atoms with Crippen molar-refractivity contribution >= 4 is 0 Å². The van der Waals surface area contributed by atoms with E-state index in [2.05, 4.69) is 41.4 Å². The maximum atomic E-state index is 3.31. The molecule has 3 rings (SSSR count). The Bertz CT molecular complexity index is 252. The summed E-state index contributed by atoms with van der Waals surface area (Å²) in [6.07, 6.45) is 0. The number of hydrogen-bond donors (Lipinski definition) is 1. The van der Waals surface area contributed by atoms with Crippen LogP contribution in [-0.4, -0.2) is 37.6 Å². The Labute approximate surface area is 85.9 Å². The minimum atomic E-state index is 1.17. The lowest BCUT2D eigenvalue weighted by atomic mass is 9.95. The molecular weight excluding hydrogens is 172 g/mol. The summed E-state index contributed by atoms with van der Waals surface area (Å²) in [7, 11) is 0. The van der Waals surface area contributed by atoms with Crippen LogP contribution in [0.3, 0.4) is 0 Å². The standard InChI is InChI=1S/C6H14N2.C6H4/c1-2-8-5-3-7-4-6-8;1-2-6-4-3-5(1)6/h7H,2-6H2,1H3;1-4H. The van der Waals surface area contributed by atoms with Crippen LogP contribution in [0, 0.1) is 0 Å². The molecule has 0 unspecified atom stereocenters. The molecule has 1 saturated heterocycles. The molecule has 2 nitrogen and oxygen atoms in total. The summed E-state index contributed by atoms with van der Waals surface area (Å²) in [4.78, 5) is 2.45. The van der Waals surface area contributed by atoms with Crippen molar-refractivity contribution in [3.05, 3.63) is 24.3 Å². The van der Waals surface area contributed by atoms with Crippen molar-refractivity contribution in [3.8, 4) is 11.1 Å². The molecule has 0 radical (unpaired) electrons. The van der Waals surface area contributed by atoms with E-state index in [1.807, 2.05) is 0 Å².